The van der Waals surface area contributed by atoms with E-state index in [1.54, 1.807) is 25.3 Å². The predicted octanol–water partition coefficient (Wildman–Crippen LogP) is 2.98. The smallest absolute Gasteiger partial charge is 0.159 e. The Kier molecular flexibility index (Phi) is 4.70. The number of hydrogen-bond donors (Lipinski definition) is 1. The SMILES string of the molecule is COc1ccc(C(C)=O)cc1[C@@H](O)CC(C)C. The molecular formula is C14H20O3. The first kappa shape index (κ1) is 13.7. The quantitative estimate of drug-likeness (QED) is 0.799. The number of benzene rings is 1. The zero-order valence-corrected chi connectivity index (χ0v) is 10.9. The van der Waals surface area contributed by atoms with E-state index < -0.39 is 6.10 Å². The summed E-state index contributed by atoms with van der Waals surface area (Å²) in [7, 11) is 1.56. The van der Waals surface area contributed by atoms with E-state index in [4.69, 9.17) is 4.74 Å². The third-order valence-corrected chi connectivity index (χ3v) is 2.69. The molecular weight excluding hydrogens is 216 g/mol. The van der Waals surface area contributed by atoms with Gasteiger partial charge in [-0.15, -0.1) is 0 Å². The lowest BCUT2D eigenvalue weighted by molar-refractivity contribution is 0.101. The lowest BCUT2D eigenvalue weighted by Crippen LogP contribution is -2.06. The van der Waals surface area contributed by atoms with Gasteiger partial charge in [-0.05, 0) is 37.5 Å². The molecule has 0 aromatic heterocycles. The molecule has 0 aliphatic carbocycles. The Bertz CT molecular complexity index is 396. The third kappa shape index (κ3) is 3.56. The van der Waals surface area contributed by atoms with Crippen molar-refractivity contribution in [3.05, 3.63) is 29.3 Å². The van der Waals surface area contributed by atoms with E-state index in [1.165, 1.54) is 6.92 Å². The highest BCUT2D eigenvalue weighted by atomic mass is 16.5. The van der Waals surface area contributed by atoms with Gasteiger partial charge in [0.25, 0.3) is 0 Å². The molecule has 0 radical (unpaired) electrons. The average molecular weight is 236 g/mol. The van der Waals surface area contributed by atoms with Crippen molar-refractivity contribution in [3.63, 3.8) is 0 Å². The normalized spacial score (nSPS) is 12.6. The van der Waals surface area contributed by atoms with Crippen molar-refractivity contribution < 1.29 is 14.6 Å². The second-order valence-corrected chi connectivity index (χ2v) is 4.66. The van der Waals surface area contributed by atoms with Gasteiger partial charge >= 0.3 is 0 Å². The number of ether oxygens (including phenoxy) is 1. The van der Waals surface area contributed by atoms with Crippen molar-refractivity contribution in [2.24, 2.45) is 5.92 Å². The molecule has 0 aliphatic rings. The molecule has 0 saturated heterocycles. The molecule has 0 fully saturated rings. The Labute approximate surface area is 102 Å². The van der Waals surface area contributed by atoms with Crippen molar-refractivity contribution in [2.45, 2.75) is 33.3 Å². The predicted molar refractivity (Wildman–Crippen MR) is 67.4 cm³/mol. The van der Waals surface area contributed by atoms with Gasteiger partial charge in [0.2, 0.25) is 0 Å². The molecule has 0 heterocycles. The first-order valence-electron chi connectivity index (χ1n) is 5.82. The van der Waals surface area contributed by atoms with E-state index in [2.05, 4.69) is 0 Å². The zero-order valence-electron chi connectivity index (χ0n) is 10.9. The van der Waals surface area contributed by atoms with Crippen LogP contribution >= 0.6 is 0 Å². The molecule has 1 rings (SSSR count). The summed E-state index contributed by atoms with van der Waals surface area (Å²) in [5, 5.41) is 10.1. The van der Waals surface area contributed by atoms with Gasteiger partial charge in [0.05, 0.1) is 13.2 Å². The third-order valence-electron chi connectivity index (χ3n) is 2.69. The van der Waals surface area contributed by atoms with E-state index in [0.717, 1.165) is 0 Å². The minimum atomic E-state index is -0.593. The maximum absolute atomic E-state index is 11.3. The van der Waals surface area contributed by atoms with Crippen LogP contribution in [0.3, 0.4) is 0 Å². The monoisotopic (exact) mass is 236 g/mol. The summed E-state index contributed by atoms with van der Waals surface area (Å²) in [5.41, 5.74) is 1.29. The molecule has 1 N–H and O–H groups in total. The van der Waals surface area contributed by atoms with Crippen LogP contribution in [0.25, 0.3) is 0 Å². The average Bonchev–Trinajstić information content (AvgIpc) is 2.27. The molecule has 0 saturated carbocycles. The Hall–Kier alpha value is -1.35. The Balaban J connectivity index is 3.09. The number of hydrogen-bond acceptors (Lipinski definition) is 3. The minimum Gasteiger partial charge on any atom is -0.496 e. The fraction of sp³-hybridized carbons (Fsp3) is 0.500. The fourth-order valence-electron chi connectivity index (χ4n) is 1.79. The van der Waals surface area contributed by atoms with Crippen LogP contribution < -0.4 is 4.74 Å². The number of methoxy groups -OCH3 is 1. The minimum absolute atomic E-state index is 0.00866. The summed E-state index contributed by atoms with van der Waals surface area (Å²) >= 11 is 0. The van der Waals surface area contributed by atoms with Crippen LogP contribution in [-0.4, -0.2) is 18.0 Å². The van der Waals surface area contributed by atoms with Gasteiger partial charge < -0.3 is 9.84 Å². The summed E-state index contributed by atoms with van der Waals surface area (Å²) in [5.74, 6) is 1.00. The van der Waals surface area contributed by atoms with Crippen LogP contribution in [0, 0.1) is 5.92 Å². The van der Waals surface area contributed by atoms with Gasteiger partial charge in [-0.25, -0.2) is 0 Å². The van der Waals surface area contributed by atoms with Crippen LogP contribution in [0.2, 0.25) is 0 Å². The zero-order chi connectivity index (χ0) is 13.0. The number of carbonyl (C=O) groups excluding carboxylic acids is 1. The molecule has 17 heavy (non-hydrogen) atoms. The Morgan fingerprint density at radius 1 is 1.41 bits per heavy atom. The van der Waals surface area contributed by atoms with Gasteiger partial charge in [0.1, 0.15) is 5.75 Å². The molecule has 3 heteroatoms. The maximum atomic E-state index is 11.3. The highest BCUT2D eigenvalue weighted by Gasteiger charge is 2.16. The Morgan fingerprint density at radius 2 is 2.06 bits per heavy atom. The molecule has 0 aliphatic heterocycles. The molecule has 0 amide bonds. The lowest BCUT2D eigenvalue weighted by Gasteiger charge is -2.17. The summed E-state index contributed by atoms with van der Waals surface area (Å²) in [4.78, 5) is 11.3. The molecule has 0 unspecified atom stereocenters. The number of Topliss-reactive ketones (excluding diaryl/α,β-unsaturated/α-hetero) is 1. The number of rotatable bonds is 5. The van der Waals surface area contributed by atoms with Gasteiger partial charge in [0, 0.05) is 11.1 Å². The van der Waals surface area contributed by atoms with E-state index >= 15 is 0 Å². The largest absolute Gasteiger partial charge is 0.496 e. The first-order chi connectivity index (χ1) is 7.95. The molecule has 1 atom stereocenters. The summed E-state index contributed by atoms with van der Waals surface area (Å²) in [6, 6.07) is 5.16. The van der Waals surface area contributed by atoms with E-state index in [-0.39, 0.29) is 5.78 Å². The molecule has 1 aromatic carbocycles. The molecule has 3 nitrogen and oxygen atoms in total. The van der Waals surface area contributed by atoms with Gasteiger partial charge in [0.15, 0.2) is 5.78 Å². The van der Waals surface area contributed by atoms with Crippen molar-refractivity contribution in [2.75, 3.05) is 7.11 Å². The number of carbonyl (C=O) groups is 1. The van der Waals surface area contributed by atoms with Gasteiger partial charge in [-0.3, -0.25) is 4.79 Å². The number of ketones is 1. The number of aliphatic hydroxyl groups is 1. The second-order valence-electron chi connectivity index (χ2n) is 4.66. The van der Waals surface area contributed by atoms with E-state index in [9.17, 15) is 9.90 Å². The summed E-state index contributed by atoms with van der Waals surface area (Å²) in [6.45, 7) is 5.61. The van der Waals surface area contributed by atoms with E-state index in [0.29, 0.717) is 29.2 Å². The fourth-order valence-corrected chi connectivity index (χ4v) is 1.79. The van der Waals surface area contributed by atoms with Crippen LogP contribution in [0.15, 0.2) is 18.2 Å². The van der Waals surface area contributed by atoms with Gasteiger partial charge in [-0.2, -0.15) is 0 Å². The van der Waals surface area contributed by atoms with Gasteiger partial charge in [-0.1, -0.05) is 13.8 Å². The first-order valence-corrected chi connectivity index (χ1v) is 5.82. The highest BCUT2D eigenvalue weighted by molar-refractivity contribution is 5.94. The maximum Gasteiger partial charge on any atom is 0.159 e. The molecule has 1 aromatic rings. The summed E-state index contributed by atoms with van der Waals surface area (Å²) in [6.07, 6.45) is 0.0572. The number of aliphatic hydroxyl groups excluding tert-OH is 1. The molecule has 0 spiro atoms. The van der Waals surface area contributed by atoms with Crippen molar-refractivity contribution in [1.82, 2.24) is 0 Å². The second kappa shape index (κ2) is 5.82. The van der Waals surface area contributed by atoms with Crippen LogP contribution in [0.1, 0.15) is 49.2 Å². The summed E-state index contributed by atoms with van der Waals surface area (Å²) < 4.78 is 5.21. The van der Waals surface area contributed by atoms with Crippen molar-refractivity contribution in [3.8, 4) is 5.75 Å². The van der Waals surface area contributed by atoms with E-state index in [1.807, 2.05) is 13.8 Å². The van der Waals surface area contributed by atoms with Crippen LogP contribution in [0.4, 0.5) is 0 Å². The van der Waals surface area contributed by atoms with Crippen molar-refractivity contribution in [1.29, 1.82) is 0 Å². The highest BCUT2D eigenvalue weighted by Crippen LogP contribution is 2.30. The molecule has 0 bridgehead atoms. The van der Waals surface area contributed by atoms with Crippen molar-refractivity contribution >= 4 is 5.78 Å². The molecule has 94 valence electrons. The lowest BCUT2D eigenvalue weighted by atomic mass is 9.96. The standard InChI is InChI=1S/C14H20O3/c1-9(2)7-13(16)12-8-11(10(3)15)5-6-14(12)17-4/h5-6,8-9,13,16H,7H2,1-4H3/t13-/m0/s1. The van der Waals surface area contributed by atoms with Crippen LogP contribution in [0.5, 0.6) is 5.75 Å². The topological polar surface area (TPSA) is 46.5 Å². The van der Waals surface area contributed by atoms with Crippen LogP contribution in [-0.2, 0) is 0 Å². The Morgan fingerprint density at radius 3 is 2.53 bits per heavy atom.